The van der Waals surface area contributed by atoms with Crippen LogP contribution in [0.3, 0.4) is 0 Å². The second kappa shape index (κ2) is 7.74. The highest BCUT2D eigenvalue weighted by Gasteiger charge is 2.06. The Balaban J connectivity index is 3.53. The molecule has 0 spiro atoms. The maximum atomic E-state index is 10.9. The fourth-order valence-corrected chi connectivity index (χ4v) is 0.661. The average molecular weight is 218 g/mol. The lowest BCUT2D eigenvalue weighted by Gasteiger charge is -2.04. The van der Waals surface area contributed by atoms with E-state index in [0.29, 0.717) is 6.61 Å². The quantitative estimate of drug-likeness (QED) is 0.474. The van der Waals surface area contributed by atoms with Crippen molar-refractivity contribution < 1.29 is 24.2 Å². The lowest BCUT2D eigenvalue weighted by molar-refractivity contribution is -0.137. The number of carbonyl (C=O) groups excluding carboxylic acids is 2. The van der Waals surface area contributed by atoms with Gasteiger partial charge in [0.05, 0.1) is 6.54 Å². The molecule has 0 saturated carbocycles. The molecule has 0 unspecified atom stereocenters. The van der Waals surface area contributed by atoms with Crippen molar-refractivity contribution in [2.75, 3.05) is 26.3 Å². The summed E-state index contributed by atoms with van der Waals surface area (Å²) in [5, 5.41) is 12.6. The Kier molecular flexibility index (Phi) is 6.90. The van der Waals surface area contributed by atoms with E-state index in [0.717, 1.165) is 0 Å². The first-order chi connectivity index (χ1) is 7.06. The SMILES string of the molecule is CCOCC(=O)NCC(=O)NCC(=O)O. The molecule has 3 N–H and O–H groups in total. The molecule has 0 aliphatic rings. The molecule has 0 heterocycles. The van der Waals surface area contributed by atoms with E-state index in [9.17, 15) is 14.4 Å². The highest BCUT2D eigenvalue weighted by Crippen LogP contribution is 1.73. The molecule has 86 valence electrons. The van der Waals surface area contributed by atoms with E-state index in [-0.39, 0.29) is 13.2 Å². The van der Waals surface area contributed by atoms with Gasteiger partial charge < -0.3 is 20.5 Å². The van der Waals surface area contributed by atoms with Gasteiger partial charge >= 0.3 is 5.97 Å². The largest absolute Gasteiger partial charge is 0.480 e. The summed E-state index contributed by atoms with van der Waals surface area (Å²) < 4.78 is 4.79. The topological polar surface area (TPSA) is 105 Å². The number of hydrogen-bond donors (Lipinski definition) is 3. The van der Waals surface area contributed by atoms with Crippen LogP contribution in [0, 0.1) is 0 Å². The number of nitrogens with one attached hydrogen (secondary N) is 2. The van der Waals surface area contributed by atoms with Crippen LogP contribution in [-0.4, -0.2) is 49.2 Å². The Labute approximate surface area is 86.8 Å². The number of ether oxygens (including phenoxy) is 1. The summed E-state index contributed by atoms with van der Waals surface area (Å²) in [6, 6.07) is 0. The molecule has 0 radical (unpaired) electrons. The van der Waals surface area contributed by atoms with Gasteiger partial charge in [-0.1, -0.05) is 0 Å². The fraction of sp³-hybridized carbons (Fsp3) is 0.625. The maximum absolute atomic E-state index is 10.9. The highest BCUT2D eigenvalue weighted by molar-refractivity contribution is 5.86. The zero-order valence-corrected chi connectivity index (χ0v) is 8.41. The third-order valence-electron chi connectivity index (χ3n) is 1.32. The Morgan fingerprint density at radius 3 is 2.27 bits per heavy atom. The normalized spacial score (nSPS) is 9.40. The first-order valence-electron chi connectivity index (χ1n) is 4.39. The van der Waals surface area contributed by atoms with E-state index >= 15 is 0 Å². The van der Waals surface area contributed by atoms with Gasteiger partial charge in [0.2, 0.25) is 11.8 Å². The van der Waals surface area contributed by atoms with Crippen LogP contribution < -0.4 is 10.6 Å². The lowest BCUT2D eigenvalue weighted by atomic mass is 10.5. The number of carboxylic acid groups (broad SMARTS) is 1. The summed E-state index contributed by atoms with van der Waals surface area (Å²) in [6.07, 6.45) is 0. The zero-order chi connectivity index (χ0) is 11.7. The second-order valence-corrected chi connectivity index (χ2v) is 2.58. The fourth-order valence-electron chi connectivity index (χ4n) is 0.661. The standard InChI is InChI=1S/C8H14N2O5/c1-2-15-5-7(12)9-3-6(11)10-4-8(13)14/h2-5H2,1H3,(H,9,12)(H,10,11)(H,13,14). The number of carboxylic acids is 1. The highest BCUT2D eigenvalue weighted by atomic mass is 16.5. The van der Waals surface area contributed by atoms with Crippen LogP contribution in [0.25, 0.3) is 0 Å². The van der Waals surface area contributed by atoms with Crippen molar-refractivity contribution in [3.05, 3.63) is 0 Å². The molecule has 0 aliphatic carbocycles. The molecular formula is C8H14N2O5. The molecule has 0 atom stereocenters. The van der Waals surface area contributed by atoms with Crippen LogP contribution in [-0.2, 0) is 19.1 Å². The smallest absolute Gasteiger partial charge is 0.322 e. The predicted molar refractivity (Wildman–Crippen MR) is 50.1 cm³/mol. The minimum absolute atomic E-state index is 0.108. The molecule has 2 amide bonds. The molecule has 0 rings (SSSR count). The minimum Gasteiger partial charge on any atom is -0.480 e. The number of carbonyl (C=O) groups is 3. The zero-order valence-electron chi connectivity index (χ0n) is 8.41. The van der Waals surface area contributed by atoms with E-state index in [4.69, 9.17) is 9.84 Å². The Bertz CT molecular complexity index is 241. The van der Waals surface area contributed by atoms with Crippen LogP contribution >= 0.6 is 0 Å². The molecule has 0 aromatic carbocycles. The van der Waals surface area contributed by atoms with Gasteiger partial charge in [0.1, 0.15) is 13.2 Å². The van der Waals surface area contributed by atoms with Crippen LogP contribution in [0.1, 0.15) is 6.92 Å². The van der Waals surface area contributed by atoms with Crippen molar-refractivity contribution in [3.63, 3.8) is 0 Å². The summed E-state index contributed by atoms with van der Waals surface area (Å²) in [6.45, 7) is 1.34. The Morgan fingerprint density at radius 1 is 1.13 bits per heavy atom. The molecule has 0 aromatic heterocycles. The summed E-state index contributed by atoms with van der Waals surface area (Å²) in [4.78, 5) is 31.9. The molecule has 7 nitrogen and oxygen atoms in total. The van der Waals surface area contributed by atoms with Crippen LogP contribution in [0.5, 0.6) is 0 Å². The summed E-state index contributed by atoms with van der Waals surface area (Å²) in [7, 11) is 0. The first kappa shape index (κ1) is 13.4. The molecule has 0 fully saturated rings. The van der Waals surface area contributed by atoms with Gasteiger partial charge in [-0.15, -0.1) is 0 Å². The van der Waals surface area contributed by atoms with Crippen molar-refractivity contribution in [1.82, 2.24) is 10.6 Å². The summed E-state index contributed by atoms with van der Waals surface area (Å²) in [5.74, 6) is -2.10. The van der Waals surface area contributed by atoms with Gasteiger partial charge in [0.25, 0.3) is 0 Å². The summed E-state index contributed by atoms with van der Waals surface area (Å²) in [5.41, 5.74) is 0. The number of rotatable bonds is 7. The van der Waals surface area contributed by atoms with Crippen molar-refractivity contribution in [3.8, 4) is 0 Å². The van der Waals surface area contributed by atoms with Crippen LogP contribution in [0.4, 0.5) is 0 Å². The third-order valence-corrected chi connectivity index (χ3v) is 1.32. The van der Waals surface area contributed by atoms with E-state index in [1.54, 1.807) is 6.92 Å². The predicted octanol–water partition coefficient (Wildman–Crippen LogP) is -1.66. The third kappa shape index (κ3) is 8.69. The molecule has 7 heteroatoms. The monoisotopic (exact) mass is 218 g/mol. The van der Waals surface area contributed by atoms with Gasteiger partial charge in [-0.3, -0.25) is 14.4 Å². The lowest BCUT2D eigenvalue weighted by Crippen LogP contribution is -2.40. The molecule has 15 heavy (non-hydrogen) atoms. The van der Waals surface area contributed by atoms with Crippen LogP contribution in [0.2, 0.25) is 0 Å². The molecule has 0 aliphatic heterocycles. The molecule has 0 aromatic rings. The maximum Gasteiger partial charge on any atom is 0.322 e. The summed E-state index contributed by atoms with van der Waals surface area (Å²) >= 11 is 0. The number of hydrogen-bond acceptors (Lipinski definition) is 4. The molecular weight excluding hydrogens is 204 g/mol. The number of aliphatic carboxylic acids is 1. The van der Waals surface area contributed by atoms with E-state index in [2.05, 4.69) is 10.6 Å². The van der Waals surface area contributed by atoms with E-state index in [1.807, 2.05) is 0 Å². The minimum atomic E-state index is -1.14. The Morgan fingerprint density at radius 2 is 1.73 bits per heavy atom. The van der Waals surface area contributed by atoms with Gasteiger partial charge in [0.15, 0.2) is 0 Å². The average Bonchev–Trinajstić information content (AvgIpc) is 2.20. The van der Waals surface area contributed by atoms with E-state index < -0.39 is 24.3 Å². The van der Waals surface area contributed by atoms with Gasteiger partial charge in [-0.05, 0) is 6.92 Å². The Hall–Kier alpha value is -1.63. The second-order valence-electron chi connectivity index (χ2n) is 2.58. The van der Waals surface area contributed by atoms with Gasteiger partial charge in [-0.25, -0.2) is 0 Å². The van der Waals surface area contributed by atoms with Crippen molar-refractivity contribution in [2.24, 2.45) is 0 Å². The van der Waals surface area contributed by atoms with Gasteiger partial charge in [0, 0.05) is 6.61 Å². The first-order valence-corrected chi connectivity index (χ1v) is 4.39. The molecule has 0 saturated heterocycles. The number of amides is 2. The van der Waals surface area contributed by atoms with E-state index in [1.165, 1.54) is 0 Å². The van der Waals surface area contributed by atoms with Crippen molar-refractivity contribution >= 4 is 17.8 Å². The van der Waals surface area contributed by atoms with Crippen molar-refractivity contribution in [2.45, 2.75) is 6.92 Å². The molecule has 0 bridgehead atoms. The van der Waals surface area contributed by atoms with Gasteiger partial charge in [-0.2, -0.15) is 0 Å². The van der Waals surface area contributed by atoms with Crippen LogP contribution in [0.15, 0.2) is 0 Å². The van der Waals surface area contributed by atoms with Crippen molar-refractivity contribution in [1.29, 1.82) is 0 Å².